The van der Waals surface area contributed by atoms with Crippen LogP contribution in [0.1, 0.15) is 64.9 Å². The van der Waals surface area contributed by atoms with Crippen molar-refractivity contribution in [3.8, 4) is 0 Å². The molecule has 1 aromatic heterocycles. The number of para-hydroxylation sites is 1. The third-order valence-corrected chi connectivity index (χ3v) is 5.31. The van der Waals surface area contributed by atoms with Crippen molar-refractivity contribution in [1.82, 2.24) is 15.6 Å². The van der Waals surface area contributed by atoms with Crippen molar-refractivity contribution in [3.05, 3.63) is 36.0 Å². The highest BCUT2D eigenvalue weighted by Gasteiger charge is 2.27. The Bertz CT molecular complexity index is 829. The number of aromatic nitrogens is 1. The lowest BCUT2D eigenvalue weighted by molar-refractivity contribution is -0.124. The third kappa shape index (κ3) is 6.24. The number of ether oxygens (including phenoxy) is 1. The van der Waals surface area contributed by atoms with E-state index in [1.165, 1.54) is 12.8 Å². The summed E-state index contributed by atoms with van der Waals surface area (Å²) in [6, 6.07) is 7.46. The lowest BCUT2D eigenvalue weighted by atomic mass is 10.0. The van der Waals surface area contributed by atoms with E-state index in [-0.39, 0.29) is 11.9 Å². The topological polar surface area (TPSA) is 83.2 Å². The van der Waals surface area contributed by atoms with Crippen molar-refractivity contribution >= 4 is 22.9 Å². The van der Waals surface area contributed by atoms with E-state index >= 15 is 0 Å². The van der Waals surface area contributed by atoms with E-state index in [2.05, 4.69) is 15.6 Å². The van der Waals surface area contributed by atoms with Gasteiger partial charge in [-0.3, -0.25) is 4.79 Å². The molecule has 1 aromatic carbocycles. The van der Waals surface area contributed by atoms with Crippen LogP contribution < -0.4 is 10.6 Å². The zero-order valence-corrected chi connectivity index (χ0v) is 17.7. The fourth-order valence-electron chi connectivity index (χ4n) is 3.90. The van der Waals surface area contributed by atoms with Crippen LogP contribution >= 0.6 is 0 Å². The predicted octanol–water partition coefficient (Wildman–Crippen LogP) is 4.44. The summed E-state index contributed by atoms with van der Waals surface area (Å²) in [7, 11) is 0. The maximum atomic E-state index is 13.1. The average Bonchev–Trinajstić information content (AvgIpc) is 2.87. The molecule has 158 valence electrons. The average molecular weight is 400 g/mol. The second-order valence-corrected chi connectivity index (χ2v) is 8.96. The Morgan fingerprint density at radius 3 is 2.52 bits per heavy atom. The molecule has 0 spiro atoms. The number of benzene rings is 1. The SMILES string of the molecule is CC(C)(C)OC(=O)N[C@@H](Cc1c[nH]c2ccccc12)C(=O)NC1CCCCCC1. The molecule has 6 heteroatoms. The lowest BCUT2D eigenvalue weighted by Gasteiger charge is -2.25. The molecule has 29 heavy (non-hydrogen) atoms. The van der Waals surface area contributed by atoms with E-state index in [1.807, 2.05) is 51.2 Å². The van der Waals surface area contributed by atoms with Gasteiger partial charge in [0.1, 0.15) is 11.6 Å². The van der Waals surface area contributed by atoms with Gasteiger partial charge >= 0.3 is 6.09 Å². The number of hydrogen-bond acceptors (Lipinski definition) is 3. The molecular formula is C23H33N3O3. The first kappa shape index (κ1) is 21.2. The highest BCUT2D eigenvalue weighted by atomic mass is 16.6. The Morgan fingerprint density at radius 1 is 1.14 bits per heavy atom. The van der Waals surface area contributed by atoms with Gasteiger partial charge in [-0.1, -0.05) is 43.9 Å². The monoisotopic (exact) mass is 399 g/mol. The van der Waals surface area contributed by atoms with Crippen LogP contribution in [0.4, 0.5) is 4.79 Å². The molecule has 0 radical (unpaired) electrons. The van der Waals surface area contributed by atoms with E-state index < -0.39 is 17.7 Å². The van der Waals surface area contributed by atoms with E-state index in [1.54, 1.807) is 0 Å². The summed E-state index contributed by atoms with van der Waals surface area (Å²) < 4.78 is 5.40. The first-order valence-electron chi connectivity index (χ1n) is 10.7. The predicted molar refractivity (Wildman–Crippen MR) is 115 cm³/mol. The molecular weight excluding hydrogens is 366 g/mol. The molecule has 2 amide bonds. The Hall–Kier alpha value is -2.50. The highest BCUT2D eigenvalue weighted by Crippen LogP contribution is 2.21. The summed E-state index contributed by atoms with van der Waals surface area (Å²) in [6.07, 6.45) is 8.46. The fourth-order valence-corrected chi connectivity index (χ4v) is 3.90. The molecule has 3 N–H and O–H groups in total. The fraction of sp³-hybridized carbons (Fsp3) is 0.565. The highest BCUT2D eigenvalue weighted by molar-refractivity contribution is 5.88. The van der Waals surface area contributed by atoms with E-state index in [0.29, 0.717) is 6.42 Å². The van der Waals surface area contributed by atoms with Crippen LogP contribution in [-0.2, 0) is 16.0 Å². The molecule has 0 saturated heterocycles. The normalized spacial score (nSPS) is 16.8. The van der Waals surface area contributed by atoms with Crippen molar-refractivity contribution in [2.75, 3.05) is 0 Å². The number of fused-ring (bicyclic) bond motifs is 1. The minimum absolute atomic E-state index is 0.145. The van der Waals surface area contributed by atoms with Gasteiger partial charge in [-0.25, -0.2) is 4.79 Å². The number of amides is 2. The second kappa shape index (κ2) is 9.33. The summed E-state index contributed by atoms with van der Waals surface area (Å²) in [4.78, 5) is 28.7. The summed E-state index contributed by atoms with van der Waals surface area (Å²) in [5.41, 5.74) is 1.40. The summed E-state index contributed by atoms with van der Waals surface area (Å²) in [5, 5.41) is 7.02. The van der Waals surface area contributed by atoms with Crippen LogP contribution in [0.3, 0.4) is 0 Å². The van der Waals surface area contributed by atoms with Crippen LogP contribution in [0.25, 0.3) is 10.9 Å². The molecule has 2 aromatic rings. The number of carbonyl (C=O) groups excluding carboxylic acids is 2. The molecule has 0 unspecified atom stereocenters. The second-order valence-electron chi connectivity index (χ2n) is 8.96. The maximum Gasteiger partial charge on any atom is 0.408 e. The number of alkyl carbamates (subject to hydrolysis) is 1. The minimum atomic E-state index is -0.688. The summed E-state index contributed by atoms with van der Waals surface area (Å²) in [6.45, 7) is 5.44. The number of nitrogens with one attached hydrogen (secondary N) is 3. The van der Waals surface area contributed by atoms with Crippen molar-refractivity contribution < 1.29 is 14.3 Å². The van der Waals surface area contributed by atoms with Crippen LogP contribution in [-0.4, -0.2) is 34.7 Å². The molecule has 3 rings (SSSR count). The van der Waals surface area contributed by atoms with Gasteiger partial charge in [0.2, 0.25) is 5.91 Å². The van der Waals surface area contributed by atoms with Crippen LogP contribution in [0.2, 0.25) is 0 Å². The van der Waals surface area contributed by atoms with Crippen LogP contribution in [0, 0.1) is 0 Å². The lowest BCUT2D eigenvalue weighted by Crippen LogP contribution is -2.51. The number of aromatic amines is 1. The maximum absolute atomic E-state index is 13.1. The number of H-pyrrole nitrogens is 1. The standard InChI is InChI=1S/C23H33N3O3/c1-23(2,3)29-22(28)26-20(21(27)25-17-10-6-4-5-7-11-17)14-16-15-24-19-13-9-8-12-18(16)19/h8-9,12-13,15,17,20,24H,4-7,10-11,14H2,1-3H3,(H,25,27)(H,26,28)/t20-/m0/s1. The first-order chi connectivity index (χ1) is 13.8. The quantitative estimate of drug-likeness (QED) is 0.650. The zero-order chi connectivity index (χ0) is 20.9. The van der Waals surface area contributed by atoms with E-state index in [4.69, 9.17) is 4.74 Å². The van der Waals surface area contributed by atoms with E-state index in [9.17, 15) is 9.59 Å². The van der Waals surface area contributed by atoms with Crippen molar-refractivity contribution in [1.29, 1.82) is 0 Å². The zero-order valence-electron chi connectivity index (χ0n) is 17.7. The first-order valence-corrected chi connectivity index (χ1v) is 10.7. The Morgan fingerprint density at radius 2 is 1.83 bits per heavy atom. The Balaban J connectivity index is 1.74. The van der Waals surface area contributed by atoms with Gasteiger partial charge in [-0.05, 0) is 45.2 Å². The van der Waals surface area contributed by atoms with Gasteiger partial charge in [0.05, 0.1) is 0 Å². The molecule has 1 aliphatic carbocycles. The molecule has 0 aliphatic heterocycles. The largest absolute Gasteiger partial charge is 0.444 e. The molecule has 1 aliphatic rings. The van der Waals surface area contributed by atoms with Crippen molar-refractivity contribution in [2.45, 2.75) is 83.4 Å². The molecule has 1 saturated carbocycles. The van der Waals surface area contributed by atoms with Crippen molar-refractivity contribution in [3.63, 3.8) is 0 Å². The molecule has 1 fully saturated rings. The minimum Gasteiger partial charge on any atom is -0.444 e. The molecule has 0 bridgehead atoms. The Labute approximate surface area is 172 Å². The number of rotatable bonds is 5. The number of hydrogen-bond donors (Lipinski definition) is 3. The van der Waals surface area contributed by atoms with Gasteiger partial charge in [-0.15, -0.1) is 0 Å². The van der Waals surface area contributed by atoms with Crippen molar-refractivity contribution in [2.24, 2.45) is 0 Å². The van der Waals surface area contributed by atoms with Gasteiger partial charge in [0.15, 0.2) is 0 Å². The molecule has 1 atom stereocenters. The molecule has 6 nitrogen and oxygen atoms in total. The van der Waals surface area contributed by atoms with Gasteiger partial charge in [0.25, 0.3) is 0 Å². The summed E-state index contributed by atoms with van der Waals surface area (Å²) in [5.74, 6) is -0.145. The van der Waals surface area contributed by atoms with Gasteiger partial charge < -0.3 is 20.4 Å². The number of carbonyl (C=O) groups is 2. The Kier molecular flexibility index (Phi) is 6.83. The van der Waals surface area contributed by atoms with Gasteiger partial charge in [-0.2, -0.15) is 0 Å². The van der Waals surface area contributed by atoms with Crippen LogP contribution in [0.15, 0.2) is 30.5 Å². The third-order valence-electron chi connectivity index (χ3n) is 5.31. The van der Waals surface area contributed by atoms with Crippen LogP contribution in [0.5, 0.6) is 0 Å². The smallest absolute Gasteiger partial charge is 0.408 e. The molecule has 1 heterocycles. The summed E-state index contributed by atoms with van der Waals surface area (Å²) >= 11 is 0. The van der Waals surface area contributed by atoms with Gasteiger partial charge in [0, 0.05) is 29.6 Å². The van der Waals surface area contributed by atoms with E-state index in [0.717, 1.165) is 42.1 Å².